The van der Waals surface area contributed by atoms with Crippen LogP contribution in [0.5, 0.6) is 0 Å². The summed E-state index contributed by atoms with van der Waals surface area (Å²) in [5.41, 5.74) is 6.21. The van der Waals surface area contributed by atoms with E-state index in [1.54, 1.807) is 11.9 Å². The third-order valence-electron chi connectivity index (χ3n) is 2.13. The summed E-state index contributed by atoms with van der Waals surface area (Å²) in [5.74, 6) is -1.10. The van der Waals surface area contributed by atoms with Crippen molar-refractivity contribution in [2.45, 2.75) is 0 Å². The molecule has 1 rings (SSSR count). The lowest BCUT2D eigenvalue weighted by molar-refractivity contribution is 0.0697. The summed E-state index contributed by atoms with van der Waals surface area (Å²) in [4.78, 5) is 12.6. The molecule has 0 heterocycles. The highest BCUT2D eigenvalue weighted by Gasteiger charge is 2.17. The van der Waals surface area contributed by atoms with E-state index in [1.807, 2.05) is 0 Å². The Morgan fingerprint density at radius 1 is 1.56 bits per heavy atom. The number of aliphatic hydroxyl groups is 1. The molecule has 5 nitrogen and oxygen atoms in total. The number of nitrogen functional groups attached to an aromatic ring is 1. The van der Waals surface area contributed by atoms with Gasteiger partial charge in [0.1, 0.15) is 0 Å². The van der Waals surface area contributed by atoms with E-state index in [2.05, 4.69) is 0 Å². The number of aromatic carboxylic acids is 1. The van der Waals surface area contributed by atoms with Crippen LogP contribution in [0.3, 0.4) is 0 Å². The van der Waals surface area contributed by atoms with E-state index in [1.165, 1.54) is 12.1 Å². The molecule has 0 aromatic heterocycles. The van der Waals surface area contributed by atoms with Gasteiger partial charge in [-0.05, 0) is 12.1 Å². The van der Waals surface area contributed by atoms with Crippen LogP contribution in [-0.2, 0) is 0 Å². The van der Waals surface area contributed by atoms with Gasteiger partial charge in [0, 0.05) is 19.3 Å². The number of nitrogens with two attached hydrogens (primary N) is 1. The molecule has 0 unspecified atom stereocenters. The Balaban J connectivity index is 3.29. The number of carboxylic acids is 1. The molecule has 0 atom stereocenters. The van der Waals surface area contributed by atoms with Gasteiger partial charge in [-0.1, -0.05) is 11.6 Å². The summed E-state index contributed by atoms with van der Waals surface area (Å²) in [7, 11) is 1.65. The summed E-state index contributed by atoms with van der Waals surface area (Å²) in [6.45, 7) is 0.209. The molecule has 1 aromatic rings. The highest BCUT2D eigenvalue weighted by molar-refractivity contribution is 6.34. The van der Waals surface area contributed by atoms with Gasteiger partial charge >= 0.3 is 5.97 Å². The zero-order valence-corrected chi connectivity index (χ0v) is 9.53. The molecule has 0 fully saturated rings. The molecule has 16 heavy (non-hydrogen) atoms. The van der Waals surface area contributed by atoms with Crippen molar-refractivity contribution in [3.05, 3.63) is 22.7 Å². The molecule has 0 radical (unpaired) electrons. The smallest absolute Gasteiger partial charge is 0.337 e. The Bertz CT molecular complexity index is 409. The van der Waals surface area contributed by atoms with Crippen LogP contribution in [0.2, 0.25) is 5.02 Å². The van der Waals surface area contributed by atoms with Crippen molar-refractivity contribution in [1.82, 2.24) is 0 Å². The molecule has 0 amide bonds. The van der Waals surface area contributed by atoms with Gasteiger partial charge in [0.2, 0.25) is 0 Å². The maximum absolute atomic E-state index is 11.0. The molecular formula is C10H13ClN2O3. The normalized spacial score (nSPS) is 10.2. The minimum Gasteiger partial charge on any atom is -0.478 e. The predicted molar refractivity (Wildman–Crippen MR) is 63.2 cm³/mol. The number of aliphatic hydroxyl groups excluding tert-OH is 1. The van der Waals surface area contributed by atoms with Crippen molar-refractivity contribution in [2.24, 2.45) is 0 Å². The number of rotatable bonds is 4. The number of hydrogen-bond donors (Lipinski definition) is 3. The number of halogens is 1. The second-order valence-electron chi connectivity index (χ2n) is 3.35. The molecule has 0 bridgehead atoms. The van der Waals surface area contributed by atoms with Crippen LogP contribution in [0.4, 0.5) is 11.4 Å². The van der Waals surface area contributed by atoms with Crippen LogP contribution < -0.4 is 10.6 Å². The van der Waals surface area contributed by atoms with E-state index in [4.69, 9.17) is 27.5 Å². The zero-order chi connectivity index (χ0) is 12.3. The topological polar surface area (TPSA) is 86.8 Å². The van der Waals surface area contributed by atoms with Gasteiger partial charge in [-0.25, -0.2) is 4.79 Å². The first-order chi connectivity index (χ1) is 7.47. The first-order valence-electron chi connectivity index (χ1n) is 4.61. The van der Waals surface area contributed by atoms with Gasteiger partial charge in [0.25, 0.3) is 0 Å². The van der Waals surface area contributed by atoms with Gasteiger partial charge in [0.15, 0.2) is 0 Å². The molecular weight excluding hydrogens is 232 g/mol. The van der Waals surface area contributed by atoms with Crippen LogP contribution in [0.25, 0.3) is 0 Å². The molecule has 0 spiro atoms. The molecule has 0 aliphatic rings. The fourth-order valence-corrected chi connectivity index (χ4v) is 1.80. The Kier molecular flexibility index (Phi) is 3.98. The predicted octanol–water partition coefficient (Wildman–Crippen LogP) is 1.05. The second kappa shape index (κ2) is 5.05. The van der Waals surface area contributed by atoms with Gasteiger partial charge in [-0.15, -0.1) is 0 Å². The molecule has 4 N–H and O–H groups in total. The first-order valence-corrected chi connectivity index (χ1v) is 4.99. The van der Waals surface area contributed by atoms with E-state index >= 15 is 0 Å². The van der Waals surface area contributed by atoms with E-state index < -0.39 is 5.97 Å². The van der Waals surface area contributed by atoms with Crippen LogP contribution >= 0.6 is 11.6 Å². The third kappa shape index (κ3) is 2.56. The second-order valence-corrected chi connectivity index (χ2v) is 3.76. The van der Waals surface area contributed by atoms with E-state index in [0.29, 0.717) is 17.9 Å². The lowest BCUT2D eigenvalue weighted by Gasteiger charge is -2.21. The van der Waals surface area contributed by atoms with Crippen LogP contribution in [0.15, 0.2) is 12.1 Å². The minimum absolute atomic E-state index is 0.0287. The largest absolute Gasteiger partial charge is 0.478 e. The zero-order valence-electron chi connectivity index (χ0n) is 8.77. The van der Waals surface area contributed by atoms with Gasteiger partial charge in [-0.2, -0.15) is 0 Å². The minimum atomic E-state index is -1.10. The summed E-state index contributed by atoms with van der Waals surface area (Å²) in [5, 5.41) is 18.1. The number of carbonyl (C=O) groups is 1. The van der Waals surface area contributed by atoms with E-state index in [0.717, 1.165) is 0 Å². The van der Waals surface area contributed by atoms with E-state index in [9.17, 15) is 4.79 Å². The highest BCUT2D eigenvalue weighted by atomic mass is 35.5. The lowest BCUT2D eigenvalue weighted by atomic mass is 10.1. The SMILES string of the molecule is CN(CCO)c1c(Cl)cc(N)cc1C(=O)O. The highest BCUT2D eigenvalue weighted by Crippen LogP contribution is 2.31. The Hall–Kier alpha value is -1.46. The third-order valence-corrected chi connectivity index (χ3v) is 2.42. The number of nitrogens with zero attached hydrogens (tertiary/aromatic N) is 1. The number of likely N-dealkylation sites (N-methyl/N-ethyl adjacent to an activating group) is 1. The Morgan fingerprint density at radius 2 is 2.19 bits per heavy atom. The average Bonchev–Trinajstić information content (AvgIpc) is 2.16. The number of benzene rings is 1. The lowest BCUT2D eigenvalue weighted by Crippen LogP contribution is -2.24. The standard InChI is InChI=1S/C10H13ClN2O3/c1-13(2-3-14)9-7(10(15)16)4-6(12)5-8(9)11/h4-5,14H,2-3,12H2,1H3,(H,15,16). The van der Waals surface area contributed by atoms with Crippen molar-refractivity contribution in [1.29, 1.82) is 0 Å². The van der Waals surface area contributed by atoms with Crippen molar-refractivity contribution < 1.29 is 15.0 Å². The molecule has 0 saturated heterocycles. The molecule has 0 aliphatic heterocycles. The summed E-state index contributed by atoms with van der Waals surface area (Å²) >= 11 is 5.94. The Morgan fingerprint density at radius 3 is 2.69 bits per heavy atom. The van der Waals surface area contributed by atoms with Crippen molar-refractivity contribution >= 4 is 28.9 Å². The number of anilines is 2. The summed E-state index contributed by atoms with van der Waals surface area (Å²) < 4.78 is 0. The number of carboxylic acid groups (broad SMARTS) is 1. The fourth-order valence-electron chi connectivity index (χ4n) is 1.43. The van der Waals surface area contributed by atoms with Crippen molar-refractivity contribution in [3.63, 3.8) is 0 Å². The van der Waals surface area contributed by atoms with Gasteiger partial charge < -0.3 is 20.8 Å². The summed E-state index contributed by atoms with van der Waals surface area (Å²) in [6, 6.07) is 2.83. The van der Waals surface area contributed by atoms with Crippen LogP contribution in [0.1, 0.15) is 10.4 Å². The maximum atomic E-state index is 11.0. The molecule has 0 saturated carbocycles. The quantitative estimate of drug-likeness (QED) is 0.689. The molecule has 1 aromatic carbocycles. The average molecular weight is 245 g/mol. The maximum Gasteiger partial charge on any atom is 0.337 e. The fraction of sp³-hybridized carbons (Fsp3) is 0.300. The first kappa shape index (κ1) is 12.6. The van der Waals surface area contributed by atoms with Crippen LogP contribution in [-0.4, -0.2) is 36.4 Å². The van der Waals surface area contributed by atoms with Gasteiger partial charge in [0.05, 0.1) is 22.9 Å². The molecule has 6 heteroatoms. The monoisotopic (exact) mass is 244 g/mol. The van der Waals surface area contributed by atoms with E-state index in [-0.39, 0.29) is 17.2 Å². The van der Waals surface area contributed by atoms with Crippen molar-refractivity contribution in [2.75, 3.05) is 30.8 Å². The molecule has 88 valence electrons. The van der Waals surface area contributed by atoms with Gasteiger partial charge in [-0.3, -0.25) is 0 Å². The Labute approximate surface area is 98.0 Å². The number of hydrogen-bond acceptors (Lipinski definition) is 4. The van der Waals surface area contributed by atoms with Crippen molar-refractivity contribution in [3.8, 4) is 0 Å². The summed E-state index contributed by atoms with van der Waals surface area (Å²) in [6.07, 6.45) is 0. The van der Waals surface area contributed by atoms with Crippen LogP contribution in [0, 0.1) is 0 Å². The molecule has 0 aliphatic carbocycles.